The van der Waals surface area contributed by atoms with Crippen molar-refractivity contribution < 1.29 is 14.3 Å². The van der Waals surface area contributed by atoms with Gasteiger partial charge in [0.15, 0.2) is 0 Å². The van der Waals surface area contributed by atoms with Gasteiger partial charge in [-0.2, -0.15) is 0 Å². The van der Waals surface area contributed by atoms with E-state index in [4.69, 9.17) is 4.74 Å². The predicted octanol–water partition coefficient (Wildman–Crippen LogP) is 1.32. The first-order valence-corrected chi connectivity index (χ1v) is 7.20. The van der Waals surface area contributed by atoms with E-state index < -0.39 is 0 Å². The van der Waals surface area contributed by atoms with Crippen LogP contribution in [0.1, 0.15) is 12.5 Å². The summed E-state index contributed by atoms with van der Waals surface area (Å²) < 4.78 is 5.45. The summed E-state index contributed by atoms with van der Waals surface area (Å²) in [4.78, 5) is 27.0. The highest BCUT2D eigenvalue weighted by molar-refractivity contribution is 5.89. The number of carbonyl (C=O) groups is 2. The van der Waals surface area contributed by atoms with E-state index in [9.17, 15) is 9.59 Å². The molecule has 2 aliphatic heterocycles. The highest BCUT2D eigenvalue weighted by Gasteiger charge is 2.22. The molecular formula is C15H19N3O3. The molecule has 3 rings (SSSR count). The summed E-state index contributed by atoms with van der Waals surface area (Å²) in [5, 5.41) is 2.91. The Morgan fingerprint density at radius 1 is 1.14 bits per heavy atom. The van der Waals surface area contributed by atoms with Crippen LogP contribution in [0.4, 0.5) is 10.5 Å². The van der Waals surface area contributed by atoms with E-state index in [1.807, 2.05) is 18.2 Å². The first-order valence-electron chi connectivity index (χ1n) is 7.20. The van der Waals surface area contributed by atoms with Crippen LogP contribution >= 0.6 is 0 Å². The van der Waals surface area contributed by atoms with E-state index in [0.29, 0.717) is 32.8 Å². The predicted molar refractivity (Wildman–Crippen MR) is 78.5 cm³/mol. The van der Waals surface area contributed by atoms with E-state index in [1.54, 1.807) is 16.7 Å². The van der Waals surface area contributed by atoms with Crippen molar-refractivity contribution in [2.75, 3.05) is 38.1 Å². The molecule has 1 saturated heterocycles. The summed E-state index contributed by atoms with van der Waals surface area (Å²) in [5.41, 5.74) is 1.92. The fourth-order valence-electron chi connectivity index (χ4n) is 2.69. The zero-order valence-electron chi connectivity index (χ0n) is 12.1. The number of urea groups is 1. The van der Waals surface area contributed by atoms with Crippen LogP contribution in [-0.4, -0.2) is 54.5 Å². The van der Waals surface area contributed by atoms with E-state index in [-0.39, 0.29) is 11.9 Å². The summed E-state index contributed by atoms with van der Waals surface area (Å²) in [6, 6.07) is 5.60. The molecule has 0 atom stereocenters. The molecule has 21 heavy (non-hydrogen) atoms. The van der Waals surface area contributed by atoms with Crippen LogP contribution in [0.3, 0.4) is 0 Å². The van der Waals surface area contributed by atoms with Crippen molar-refractivity contribution in [2.45, 2.75) is 13.3 Å². The van der Waals surface area contributed by atoms with Crippen molar-refractivity contribution >= 4 is 17.6 Å². The van der Waals surface area contributed by atoms with Crippen molar-refractivity contribution in [3.8, 4) is 5.75 Å². The average molecular weight is 289 g/mol. The van der Waals surface area contributed by atoms with Gasteiger partial charge in [0.2, 0.25) is 5.91 Å². The second-order valence-electron chi connectivity index (χ2n) is 5.34. The van der Waals surface area contributed by atoms with Crippen LogP contribution in [0.25, 0.3) is 0 Å². The average Bonchev–Trinajstić information content (AvgIpc) is 2.95. The van der Waals surface area contributed by atoms with E-state index in [0.717, 1.165) is 23.4 Å². The topological polar surface area (TPSA) is 61.9 Å². The number of fused-ring (bicyclic) bond motifs is 1. The highest BCUT2D eigenvalue weighted by atomic mass is 16.5. The van der Waals surface area contributed by atoms with E-state index in [1.165, 1.54) is 0 Å². The van der Waals surface area contributed by atoms with Crippen molar-refractivity contribution in [3.63, 3.8) is 0 Å². The smallest absolute Gasteiger partial charge is 0.321 e. The monoisotopic (exact) mass is 289 g/mol. The van der Waals surface area contributed by atoms with Crippen molar-refractivity contribution in [2.24, 2.45) is 0 Å². The molecule has 1 fully saturated rings. The van der Waals surface area contributed by atoms with Gasteiger partial charge in [0.05, 0.1) is 6.61 Å². The Balaban J connectivity index is 1.58. The summed E-state index contributed by atoms with van der Waals surface area (Å²) >= 11 is 0. The standard InChI is InChI=1S/C15H19N3O3/c1-11(19)17-5-7-18(8-6-17)15(20)16-13-2-3-14-12(10-13)4-9-21-14/h2-3,10H,4-9H2,1H3,(H,16,20). The number of hydrogen-bond donors (Lipinski definition) is 1. The van der Waals surface area contributed by atoms with Gasteiger partial charge in [-0.1, -0.05) is 0 Å². The van der Waals surface area contributed by atoms with Crippen molar-refractivity contribution in [1.82, 2.24) is 9.80 Å². The number of nitrogens with one attached hydrogen (secondary N) is 1. The SMILES string of the molecule is CC(=O)N1CCN(C(=O)Nc2ccc3c(c2)CCO3)CC1. The number of piperazine rings is 1. The van der Waals surface area contributed by atoms with Gasteiger partial charge < -0.3 is 19.9 Å². The third-order valence-electron chi connectivity index (χ3n) is 3.95. The van der Waals surface area contributed by atoms with Crippen LogP contribution in [0.2, 0.25) is 0 Å². The molecule has 0 aromatic heterocycles. The van der Waals surface area contributed by atoms with Crippen molar-refractivity contribution in [1.29, 1.82) is 0 Å². The molecule has 6 nitrogen and oxygen atoms in total. The fraction of sp³-hybridized carbons (Fsp3) is 0.467. The van der Waals surface area contributed by atoms with Gasteiger partial charge in [-0.05, 0) is 23.8 Å². The minimum Gasteiger partial charge on any atom is -0.493 e. The van der Waals surface area contributed by atoms with Gasteiger partial charge in [-0.25, -0.2) is 4.79 Å². The van der Waals surface area contributed by atoms with Gasteiger partial charge in [0, 0.05) is 45.2 Å². The Labute approximate surface area is 123 Å². The maximum Gasteiger partial charge on any atom is 0.321 e. The fourth-order valence-corrected chi connectivity index (χ4v) is 2.69. The zero-order valence-corrected chi connectivity index (χ0v) is 12.1. The lowest BCUT2D eigenvalue weighted by Crippen LogP contribution is -2.51. The Hall–Kier alpha value is -2.24. The van der Waals surface area contributed by atoms with Gasteiger partial charge >= 0.3 is 6.03 Å². The third-order valence-corrected chi connectivity index (χ3v) is 3.95. The number of hydrogen-bond acceptors (Lipinski definition) is 3. The minimum atomic E-state index is -0.114. The molecule has 0 bridgehead atoms. The maximum atomic E-state index is 12.2. The maximum absolute atomic E-state index is 12.2. The Kier molecular flexibility index (Phi) is 3.68. The molecule has 3 amide bonds. The molecule has 0 aliphatic carbocycles. The van der Waals surface area contributed by atoms with Gasteiger partial charge in [0.1, 0.15) is 5.75 Å². The molecular weight excluding hydrogens is 270 g/mol. The lowest BCUT2D eigenvalue weighted by atomic mass is 10.1. The molecule has 1 aromatic carbocycles. The van der Waals surface area contributed by atoms with Gasteiger partial charge in [-0.3, -0.25) is 4.79 Å². The second-order valence-corrected chi connectivity index (χ2v) is 5.34. The summed E-state index contributed by atoms with van der Waals surface area (Å²) in [6.07, 6.45) is 0.885. The number of nitrogens with zero attached hydrogens (tertiary/aromatic N) is 2. The Morgan fingerprint density at radius 2 is 1.86 bits per heavy atom. The Morgan fingerprint density at radius 3 is 2.57 bits per heavy atom. The van der Waals surface area contributed by atoms with Crippen molar-refractivity contribution in [3.05, 3.63) is 23.8 Å². The zero-order chi connectivity index (χ0) is 14.8. The molecule has 2 heterocycles. The molecule has 112 valence electrons. The minimum absolute atomic E-state index is 0.0636. The largest absolute Gasteiger partial charge is 0.493 e. The number of ether oxygens (including phenoxy) is 1. The number of amides is 3. The molecule has 0 unspecified atom stereocenters. The van der Waals surface area contributed by atoms with Crippen LogP contribution in [0, 0.1) is 0 Å². The molecule has 0 saturated carbocycles. The lowest BCUT2D eigenvalue weighted by molar-refractivity contribution is -0.130. The van der Waals surface area contributed by atoms with E-state index >= 15 is 0 Å². The lowest BCUT2D eigenvalue weighted by Gasteiger charge is -2.34. The molecule has 0 radical (unpaired) electrons. The summed E-state index contributed by atoms with van der Waals surface area (Å²) in [7, 11) is 0. The first kappa shape index (κ1) is 13.7. The second kappa shape index (κ2) is 5.63. The quantitative estimate of drug-likeness (QED) is 0.848. The Bertz CT molecular complexity index is 565. The molecule has 0 spiro atoms. The third kappa shape index (κ3) is 2.94. The van der Waals surface area contributed by atoms with Gasteiger partial charge in [0.25, 0.3) is 0 Å². The van der Waals surface area contributed by atoms with Crippen LogP contribution < -0.4 is 10.1 Å². The highest BCUT2D eigenvalue weighted by Crippen LogP contribution is 2.27. The summed E-state index contributed by atoms with van der Waals surface area (Å²) in [6.45, 7) is 4.60. The number of carbonyl (C=O) groups excluding carboxylic acids is 2. The van der Waals surface area contributed by atoms with Gasteiger partial charge in [-0.15, -0.1) is 0 Å². The number of anilines is 1. The van der Waals surface area contributed by atoms with E-state index in [2.05, 4.69) is 5.32 Å². The van der Waals surface area contributed by atoms with Crippen LogP contribution in [0.15, 0.2) is 18.2 Å². The molecule has 6 heteroatoms. The molecule has 1 N–H and O–H groups in total. The number of benzene rings is 1. The van der Waals surface area contributed by atoms with Crippen LogP contribution in [0.5, 0.6) is 5.75 Å². The number of rotatable bonds is 1. The summed E-state index contributed by atoms with van der Waals surface area (Å²) in [5.74, 6) is 0.969. The molecule has 2 aliphatic rings. The molecule has 1 aromatic rings. The first-order chi connectivity index (χ1) is 10.1. The van der Waals surface area contributed by atoms with Crippen LogP contribution in [-0.2, 0) is 11.2 Å². The normalized spacial score (nSPS) is 17.2.